The molecule has 0 fully saturated rings. The quantitative estimate of drug-likeness (QED) is 0.162. The molecule has 0 aliphatic carbocycles. The lowest BCUT2D eigenvalue weighted by Gasteiger charge is -2.17. The molecule has 2 heterocycles. The molecule has 0 radical (unpaired) electrons. The minimum atomic E-state index is 0.645. The van der Waals surface area contributed by atoms with Crippen LogP contribution in [0.5, 0.6) is 0 Å². The molecule has 300 valence electrons. The van der Waals surface area contributed by atoms with Gasteiger partial charge in [0.05, 0.1) is 0 Å². The van der Waals surface area contributed by atoms with E-state index in [1.807, 2.05) is 18.2 Å². The van der Waals surface area contributed by atoms with Gasteiger partial charge in [0.25, 0.3) is 0 Å². The molecule has 4 heteroatoms. The first-order valence-corrected chi connectivity index (χ1v) is 22.9. The van der Waals surface area contributed by atoms with E-state index in [2.05, 4.69) is 194 Å². The SMILES string of the molecule is c1ccc(-c2nc(-c3ccc(-c4cccc(-c5cc6ccc7cccc8c9cccc%10ccc%11cccc(c(c5)c6c78)c%11c%109)c4)cc3)nc(-c3ccc4c(c3)sc3ccccc34)n2)cc1. The van der Waals surface area contributed by atoms with E-state index >= 15 is 0 Å². The minimum Gasteiger partial charge on any atom is -0.208 e. The Morgan fingerprint density at radius 2 is 0.692 bits per heavy atom. The molecule has 3 nitrogen and oxygen atoms in total. The summed E-state index contributed by atoms with van der Waals surface area (Å²) in [5, 5.41) is 18.0. The lowest BCUT2D eigenvalue weighted by Crippen LogP contribution is -2.00. The van der Waals surface area contributed by atoms with Gasteiger partial charge < -0.3 is 0 Å². The normalized spacial score (nSPS) is 12.0. The highest BCUT2D eigenvalue weighted by Gasteiger charge is 2.18. The summed E-state index contributed by atoms with van der Waals surface area (Å²) in [4.78, 5) is 15.2. The van der Waals surface area contributed by atoms with Crippen molar-refractivity contribution >= 4 is 96.1 Å². The first-order valence-electron chi connectivity index (χ1n) is 22.1. The smallest absolute Gasteiger partial charge is 0.164 e. The van der Waals surface area contributed by atoms with Crippen LogP contribution in [0.1, 0.15) is 0 Å². The van der Waals surface area contributed by atoms with Crippen molar-refractivity contribution in [3.8, 4) is 56.4 Å². The number of benzene rings is 11. The van der Waals surface area contributed by atoms with Crippen LogP contribution in [0.2, 0.25) is 0 Å². The molecule has 0 unspecified atom stereocenters. The summed E-state index contributed by atoms with van der Waals surface area (Å²) in [6, 6.07) is 77.2. The van der Waals surface area contributed by atoms with Crippen molar-refractivity contribution in [1.82, 2.24) is 15.0 Å². The van der Waals surface area contributed by atoms with Gasteiger partial charge in [0.15, 0.2) is 17.5 Å². The van der Waals surface area contributed by atoms with E-state index in [0.29, 0.717) is 17.5 Å². The molecular formula is C61H35N3S. The van der Waals surface area contributed by atoms with Crippen LogP contribution < -0.4 is 0 Å². The van der Waals surface area contributed by atoms with Gasteiger partial charge in [0.2, 0.25) is 0 Å². The zero-order chi connectivity index (χ0) is 42.6. The fourth-order valence-corrected chi connectivity index (χ4v) is 11.5. The second kappa shape index (κ2) is 14.1. The standard InChI is InChI=1S/C61H35N3S/c1-2-10-40(11-3-1)59-62-60(64-61(63-59)45-30-31-48-47-17-4-5-21-53(47)65-54(48)35-45)41-27-22-36(23-28-41)42-15-6-16-43(32-42)46-33-44-29-26-39-13-8-19-50-49-18-7-12-37-24-25-38-14-9-20-51(57(38)55(37)49)52(34-46)58(44)56(39)50/h1-35H. The van der Waals surface area contributed by atoms with Crippen molar-refractivity contribution in [2.45, 2.75) is 0 Å². The van der Waals surface area contributed by atoms with Crippen LogP contribution >= 0.6 is 11.3 Å². The Hall–Kier alpha value is -8.31. The average molecular weight is 842 g/mol. The number of rotatable bonds is 5. The molecule has 14 aromatic rings. The van der Waals surface area contributed by atoms with Crippen LogP contribution in [-0.4, -0.2) is 15.0 Å². The second-order valence-corrected chi connectivity index (χ2v) is 18.2. The monoisotopic (exact) mass is 841 g/mol. The van der Waals surface area contributed by atoms with E-state index in [4.69, 9.17) is 15.0 Å². The Balaban J connectivity index is 0.891. The lowest BCUT2D eigenvalue weighted by molar-refractivity contribution is 1.07. The lowest BCUT2D eigenvalue weighted by atomic mass is 9.86. The van der Waals surface area contributed by atoms with Crippen LogP contribution in [-0.2, 0) is 0 Å². The van der Waals surface area contributed by atoms with Gasteiger partial charge in [-0.3, -0.25) is 0 Å². The molecule has 2 aromatic heterocycles. The largest absolute Gasteiger partial charge is 0.208 e. The van der Waals surface area contributed by atoms with Crippen molar-refractivity contribution in [2.75, 3.05) is 0 Å². The first kappa shape index (κ1) is 36.2. The van der Waals surface area contributed by atoms with E-state index in [-0.39, 0.29) is 0 Å². The van der Waals surface area contributed by atoms with Gasteiger partial charge in [-0.2, -0.15) is 0 Å². The number of hydrogen-bond acceptors (Lipinski definition) is 4. The summed E-state index contributed by atoms with van der Waals surface area (Å²) >= 11 is 1.80. The van der Waals surface area contributed by atoms with Crippen molar-refractivity contribution in [1.29, 1.82) is 0 Å². The zero-order valence-corrected chi connectivity index (χ0v) is 35.8. The summed E-state index contributed by atoms with van der Waals surface area (Å²) in [5.41, 5.74) is 7.51. The average Bonchev–Trinajstić information content (AvgIpc) is 3.75. The van der Waals surface area contributed by atoms with Crippen LogP contribution in [0.25, 0.3) is 141 Å². The number of thiophene rings is 1. The molecule has 0 aliphatic heterocycles. The highest BCUT2D eigenvalue weighted by atomic mass is 32.1. The van der Waals surface area contributed by atoms with Crippen LogP contribution in [0.3, 0.4) is 0 Å². The van der Waals surface area contributed by atoms with Crippen molar-refractivity contribution < 1.29 is 0 Å². The van der Waals surface area contributed by atoms with Gasteiger partial charge >= 0.3 is 0 Å². The van der Waals surface area contributed by atoms with Crippen LogP contribution in [0.4, 0.5) is 0 Å². The van der Waals surface area contributed by atoms with Gasteiger partial charge in [-0.05, 0) is 117 Å². The van der Waals surface area contributed by atoms with Gasteiger partial charge in [0, 0.05) is 36.9 Å². The van der Waals surface area contributed by atoms with E-state index < -0.39 is 0 Å². The molecule has 0 bridgehead atoms. The van der Waals surface area contributed by atoms with Crippen molar-refractivity contribution in [2.24, 2.45) is 0 Å². The maximum Gasteiger partial charge on any atom is 0.164 e. The Bertz CT molecular complexity index is 4220. The number of aromatic nitrogens is 3. The second-order valence-electron chi connectivity index (χ2n) is 17.1. The summed E-state index contributed by atoms with van der Waals surface area (Å²) in [5.74, 6) is 1.96. The Kier molecular flexibility index (Phi) is 7.85. The molecule has 0 atom stereocenters. The topological polar surface area (TPSA) is 38.7 Å². The number of hydrogen-bond donors (Lipinski definition) is 0. The van der Waals surface area contributed by atoms with Gasteiger partial charge in [0.1, 0.15) is 0 Å². The fourth-order valence-electron chi connectivity index (χ4n) is 10.4. The predicted octanol–water partition coefficient (Wildman–Crippen LogP) is 16.9. The molecule has 0 saturated heterocycles. The van der Waals surface area contributed by atoms with E-state index in [1.165, 1.54) is 95.9 Å². The fraction of sp³-hybridized carbons (Fsp3) is 0. The number of fused-ring (bicyclic) bond motifs is 5. The van der Waals surface area contributed by atoms with Crippen LogP contribution in [0.15, 0.2) is 212 Å². The van der Waals surface area contributed by atoms with E-state index in [0.717, 1.165) is 27.8 Å². The Morgan fingerprint density at radius 3 is 1.37 bits per heavy atom. The van der Waals surface area contributed by atoms with E-state index in [9.17, 15) is 0 Å². The molecule has 14 rings (SSSR count). The van der Waals surface area contributed by atoms with Gasteiger partial charge in [-0.25, -0.2) is 15.0 Å². The molecule has 0 aliphatic rings. The minimum absolute atomic E-state index is 0.645. The highest BCUT2D eigenvalue weighted by molar-refractivity contribution is 7.25. The van der Waals surface area contributed by atoms with Crippen molar-refractivity contribution in [3.63, 3.8) is 0 Å². The number of nitrogens with zero attached hydrogens (tertiary/aromatic N) is 3. The maximum absolute atomic E-state index is 5.11. The summed E-state index contributed by atoms with van der Waals surface area (Å²) in [7, 11) is 0. The molecule has 0 saturated carbocycles. The zero-order valence-electron chi connectivity index (χ0n) is 35.0. The Morgan fingerprint density at radius 1 is 0.231 bits per heavy atom. The van der Waals surface area contributed by atoms with E-state index in [1.54, 1.807) is 11.3 Å². The summed E-state index contributed by atoms with van der Waals surface area (Å²) in [6.07, 6.45) is 0. The molecule has 0 amide bonds. The molecule has 0 spiro atoms. The molecule has 65 heavy (non-hydrogen) atoms. The maximum atomic E-state index is 5.11. The Labute approximate surface area is 377 Å². The summed E-state index contributed by atoms with van der Waals surface area (Å²) in [6.45, 7) is 0. The third-order valence-corrected chi connectivity index (χ3v) is 14.5. The molecule has 12 aromatic carbocycles. The van der Waals surface area contributed by atoms with Gasteiger partial charge in [-0.1, -0.05) is 182 Å². The predicted molar refractivity (Wildman–Crippen MR) is 276 cm³/mol. The highest BCUT2D eigenvalue weighted by Crippen LogP contribution is 2.45. The van der Waals surface area contributed by atoms with Gasteiger partial charge in [-0.15, -0.1) is 11.3 Å². The first-order chi connectivity index (χ1) is 32.2. The third kappa shape index (κ3) is 5.71. The summed E-state index contributed by atoms with van der Waals surface area (Å²) < 4.78 is 2.50. The molecular weight excluding hydrogens is 807 g/mol. The third-order valence-electron chi connectivity index (χ3n) is 13.4. The molecule has 0 N–H and O–H groups in total. The van der Waals surface area contributed by atoms with Crippen LogP contribution in [0, 0.1) is 0 Å². The van der Waals surface area contributed by atoms with Crippen molar-refractivity contribution in [3.05, 3.63) is 212 Å².